The fourth-order valence-corrected chi connectivity index (χ4v) is 6.04. The van der Waals surface area contributed by atoms with E-state index in [9.17, 15) is 20.2 Å². The molecular formula is C16H17ClN2O4. The smallest absolute Gasteiger partial charge is 0.258 e. The Bertz CT molecular complexity index is 683. The number of nitrogens with zero attached hydrogens (tertiary/aromatic N) is 2. The molecule has 23 heavy (non-hydrogen) atoms. The standard InChI is InChI=1S/C16H17ClN2O4/c17-15-13(4-12(18(20)21)5-14(15)19(22)23)16-6-9-1-10(7-16)3-11(2-9)8-16/h4-5,9-11H,1-3,6-8H2. The van der Waals surface area contributed by atoms with E-state index in [1.54, 1.807) is 0 Å². The number of hydrogen-bond donors (Lipinski definition) is 0. The molecule has 0 aromatic heterocycles. The lowest BCUT2D eigenvalue weighted by molar-refractivity contribution is -0.394. The highest BCUT2D eigenvalue weighted by Crippen LogP contribution is 2.62. The van der Waals surface area contributed by atoms with Gasteiger partial charge in [-0.1, -0.05) is 11.6 Å². The SMILES string of the molecule is O=[N+]([O-])c1cc([N+](=O)[O-])c(Cl)c(C23CC4CC(CC(C4)C2)C3)c1. The second kappa shape index (κ2) is 4.90. The summed E-state index contributed by atoms with van der Waals surface area (Å²) < 4.78 is 0. The summed E-state index contributed by atoms with van der Waals surface area (Å²) in [6.07, 6.45) is 6.56. The van der Waals surface area contributed by atoms with Crippen LogP contribution in [0, 0.1) is 38.0 Å². The first-order valence-corrected chi connectivity index (χ1v) is 8.38. The summed E-state index contributed by atoms with van der Waals surface area (Å²) in [4.78, 5) is 21.3. The van der Waals surface area contributed by atoms with Crippen LogP contribution < -0.4 is 0 Å². The van der Waals surface area contributed by atoms with Gasteiger partial charge >= 0.3 is 0 Å². The van der Waals surface area contributed by atoms with Crippen LogP contribution in [-0.4, -0.2) is 9.85 Å². The van der Waals surface area contributed by atoms with Gasteiger partial charge in [-0.15, -0.1) is 0 Å². The van der Waals surface area contributed by atoms with Crippen molar-refractivity contribution in [2.24, 2.45) is 17.8 Å². The van der Waals surface area contributed by atoms with Crippen LogP contribution in [0.25, 0.3) is 0 Å². The number of nitro benzene ring substituents is 2. The average molecular weight is 337 g/mol. The molecular weight excluding hydrogens is 320 g/mol. The highest BCUT2D eigenvalue weighted by Gasteiger charge is 2.53. The van der Waals surface area contributed by atoms with E-state index in [-0.39, 0.29) is 21.8 Å². The predicted octanol–water partition coefficient (Wildman–Crippen LogP) is 4.62. The monoisotopic (exact) mass is 336 g/mol. The molecule has 122 valence electrons. The molecule has 1 aromatic rings. The number of rotatable bonds is 3. The van der Waals surface area contributed by atoms with Gasteiger partial charge in [0.15, 0.2) is 0 Å². The normalized spacial score (nSPS) is 34.6. The molecule has 1 aromatic carbocycles. The molecule has 7 heteroatoms. The average Bonchev–Trinajstić information content (AvgIpc) is 2.45. The molecule has 0 atom stereocenters. The first-order valence-electron chi connectivity index (χ1n) is 8.01. The third kappa shape index (κ3) is 2.23. The van der Waals surface area contributed by atoms with Crippen LogP contribution in [0.1, 0.15) is 44.1 Å². The Balaban J connectivity index is 1.88. The molecule has 4 aliphatic carbocycles. The van der Waals surface area contributed by atoms with E-state index in [2.05, 4.69) is 0 Å². The Kier molecular flexibility index (Phi) is 3.17. The van der Waals surface area contributed by atoms with Gasteiger partial charge in [0.25, 0.3) is 11.4 Å². The summed E-state index contributed by atoms with van der Waals surface area (Å²) in [5.41, 5.74) is -0.138. The highest BCUT2D eigenvalue weighted by atomic mass is 35.5. The molecule has 0 unspecified atom stereocenters. The summed E-state index contributed by atoms with van der Waals surface area (Å²) in [7, 11) is 0. The Morgan fingerprint density at radius 3 is 1.91 bits per heavy atom. The molecule has 0 N–H and O–H groups in total. The second-order valence-electron chi connectivity index (χ2n) is 7.54. The molecule has 6 nitrogen and oxygen atoms in total. The van der Waals surface area contributed by atoms with Gasteiger partial charge in [0.05, 0.1) is 15.9 Å². The van der Waals surface area contributed by atoms with Gasteiger partial charge in [0, 0.05) is 6.07 Å². The Morgan fingerprint density at radius 2 is 1.48 bits per heavy atom. The lowest BCUT2D eigenvalue weighted by Crippen LogP contribution is -2.48. The number of non-ortho nitro benzene ring substituents is 1. The van der Waals surface area contributed by atoms with Crippen LogP contribution >= 0.6 is 11.6 Å². The van der Waals surface area contributed by atoms with Crippen molar-refractivity contribution in [1.29, 1.82) is 0 Å². The first kappa shape index (κ1) is 14.9. The Hall–Kier alpha value is -1.69. The van der Waals surface area contributed by atoms with E-state index in [4.69, 9.17) is 11.6 Å². The highest BCUT2D eigenvalue weighted by molar-refractivity contribution is 6.33. The van der Waals surface area contributed by atoms with Gasteiger partial charge in [0.2, 0.25) is 0 Å². The molecule has 0 saturated heterocycles. The summed E-state index contributed by atoms with van der Waals surface area (Å²) in [6, 6.07) is 2.47. The fourth-order valence-electron chi connectivity index (χ4n) is 5.66. The third-order valence-corrected chi connectivity index (χ3v) is 6.45. The molecule has 0 aliphatic heterocycles. The maximum absolute atomic E-state index is 11.3. The fraction of sp³-hybridized carbons (Fsp3) is 0.625. The molecule has 4 saturated carbocycles. The van der Waals surface area contributed by atoms with Crippen molar-refractivity contribution in [1.82, 2.24) is 0 Å². The van der Waals surface area contributed by atoms with Crippen LogP contribution in [0.4, 0.5) is 11.4 Å². The quantitative estimate of drug-likeness (QED) is 0.595. The van der Waals surface area contributed by atoms with Gasteiger partial charge in [0.1, 0.15) is 5.02 Å². The molecule has 4 aliphatic rings. The Labute approximate surface area is 138 Å². The van der Waals surface area contributed by atoms with E-state index in [1.165, 1.54) is 25.3 Å². The predicted molar refractivity (Wildman–Crippen MR) is 84.6 cm³/mol. The topological polar surface area (TPSA) is 86.3 Å². The van der Waals surface area contributed by atoms with Crippen molar-refractivity contribution >= 4 is 23.0 Å². The molecule has 0 radical (unpaired) electrons. The van der Waals surface area contributed by atoms with Crippen LogP contribution in [0.3, 0.4) is 0 Å². The van der Waals surface area contributed by atoms with Crippen molar-refractivity contribution in [2.45, 2.75) is 43.9 Å². The largest absolute Gasteiger partial charge is 0.295 e. The van der Waals surface area contributed by atoms with Crippen LogP contribution in [0.5, 0.6) is 0 Å². The van der Waals surface area contributed by atoms with E-state index < -0.39 is 9.85 Å². The van der Waals surface area contributed by atoms with Gasteiger partial charge in [-0.25, -0.2) is 0 Å². The summed E-state index contributed by atoms with van der Waals surface area (Å²) >= 11 is 6.35. The summed E-state index contributed by atoms with van der Waals surface area (Å²) in [5, 5.41) is 22.6. The lowest BCUT2D eigenvalue weighted by Gasteiger charge is -2.57. The Morgan fingerprint density at radius 1 is 0.957 bits per heavy atom. The number of halogens is 1. The maximum atomic E-state index is 11.3. The number of benzene rings is 1. The van der Waals surface area contributed by atoms with Gasteiger partial charge in [-0.05, 0) is 67.3 Å². The minimum atomic E-state index is -0.612. The number of hydrogen-bond acceptors (Lipinski definition) is 4. The van der Waals surface area contributed by atoms with Crippen LogP contribution in [0.15, 0.2) is 12.1 Å². The van der Waals surface area contributed by atoms with Crippen molar-refractivity contribution < 1.29 is 9.85 Å². The van der Waals surface area contributed by atoms with Crippen molar-refractivity contribution in [2.75, 3.05) is 0 Å². The first-order chi connectivity index (χ1) is 10.9. The molecule has 0 heterocycles. The second-order valence-corrected chi connectivity index (χ2v) is 7.92. The molecule has 0 amide bonds. The van der Waals surface area contributed by atoms with E-state index >= 15 is 0 Å². The van der Waals surface area contributed by atoms with Crippen LogP contribution in [0.2, 0.25) is 5.02 Å². The summed E-state index contributed by atoms with van der Waals surface area (Å²) in [5.74, 6) is 1.90. The maximum Gasteiger partial charge on any atom is 0.295 e. The van der Waals surface area contributed by atoms with Crippen molar-refractivity contribution in [3.8, 4) is 0 Å². The van der Waals surface area contributed by atoms with Gasteiger partial charge in [-0.2, -0.15) is 0 Å². The minimum Gasteiger partial charge on any atom is -0.258 e. The molecule has 5 rings (SSSR count). The zero-order valence-corrected chi connectivity index (χ0v) is 13.3. The van der Waals surface area contributed by atoms with Crippen molar-refractivity contribution in [3.63, 3.8) is 0 Å². The minimum absolute atomic E-state index is 0.0996. The zero-order chi connectivity index (χ0) is 16.4. The molecule has 4 fully saturated rings. The molecule has 0 spiro atoms. The van der Waals surface area contributed by atoms with E-state index in [1.807, 2.05) is 0 Å². The lowest BCUT2D eigenvalue weighted by atomic mass is 9.48. The van der Waals surface area contributed by atoms with Crippen molar-refractivity contribution in [3.05, 3.63) is 42.9 Å². The molecule has 4 bridgehead atoms. The van der Waals surface area contributed by atoms with E-state index in [0.717, 1.165) is 25.3 Å². The van der Waals surface area contributed by atoms with Crippen LogP contribution in [-0.2, 0) is 5.41 Å². The summed E-state index contributed by atoms with van der Waals surface area (Å²) in [6.45, 7) is 0. The van der Waals surface area contributed by atoms with E-state index in [0.29, 0.717) is 23.3 Å². The third-order valence-electron chi connectivity index (χ3n) is 6.06. The zero-order valence-electron chi connectivity index (χ0n) is 12.5. The van der Waals surface area contributed by atoms with Gasteiger partial charge in [-0.3, -0.25) is 20.2 Å². The van der Waals surface area contributed by atoms with Gasteiger partial charge < -0.3 is 0 Å². The number of nitro groups is 2.